The van der Waals surface area contributed by atoms with E-state index in [2.05, 4.69) is 16.9 Å². The summed E-state index contributed by atoms with van der Waals surface area (Å²) in [6, 6.07) is 7.79. The molecule has 0 unspecified atom stereocenters. The average molecular weight is 368 g/mol. The fourth-order valence-corrected chi connectivity index (χ4v) is 3.28. The van der Waals surface area contributed by atoms with E-state index in [0.29, 0.717) is 31.1 Å². The molecule has 6 heteroatoms. The van der Waals surface area contributed by atoms with Crippen LogP contribution in [0.25, 0.3) is 0 Å². The molecule has 142 valence electrons. The van der Waals surface area contributed by atoms with Crippen LogP contribution in [0.5, 0.6) is 5.75 Å². The largest absolute Gasteiger partial charge is 0.497 e. The molecule has 1 N–H and O–H groups in total. The number of aromatic nitrogens is 1. The lowest BCUT2D eigenvalue weighted by atomic mass is 9.97. The van der Waals surface area contributed by atoms with Crippen LogP contribution in [0.15, 0.2) is 36.9 Å². The molecule has 0 fully saturated rings. The van der Waals surface area contributed by atoms with Crippen molar-refractivity contribution in [2.45, 2.75) is 32.6 Å². The first kappa shape index (κ1) is 18.9. The minimum absolute atomic E-state index is 0.0962. The summed E-state index contributed by atoms with van der Waals surface area (Å²) >= 11 is 0. The quantitative estimate of drug-likeness (QED) is 0.592. The van der Waals surface area contributed by atoms with Gasteiger partial charge in [0.1, 0.15) is 11.6 Å². The van der Waals surface area contributed by atoms with E-state index < -0.39 is 5.97 Å². The first-order valence-electron chi connectivity index (χ1n) is 8.82. The normalized spacial score (nSPS) is 15.1. The number of methoxy groups -OCH3 is 2. The number of nitrogens with zero attached hydrogens (tertiary/aromatic N) is 1. The maximum Gasteiger partial charge on any atom is 0.357 e. The topological polar surface area (TPSA) is 69.7 Å². The molecule has 0 saturated carbocycles. The van der Waals surface area contributed by atoms with Crippen molar-refractivity contribution in [3.8, 4) is 5.75 Å². The highest BCUT2D eigenvalue weighted by molar-refractivity contribution is 5.90. The van der Waals surface area contributed by atoms with Crippen LogP contribution in [0.1, 0.15) is 45.8 Å². The Kier molecular flexibility index (Phi) is 5.76. The number of ether oxygens (including phenoxy) is 3. The standard InChI is InChI=1S/C21H24N2O4/c1-5-6-16-17-12-27-13(2)18(17)20(23-19(16)21(24)26-4)22-11-14-7-9-15(25-3)10-8-14/h5,7-10,13H,1,6,11-12H2,2-4H3,(H,22,23)/t13-/m1/s1. The zero-order valence-electron chi connectivity index (χ0n) is 15.9. The van der Waals surface area contributed by atoms with Gasteiger partial charge in [0.15, 0.2) is 5.69 Å². The maximum absolute atomic E-state index is 12.3. The summed E-state index contributed by atoms with van der Waals surface area (Å²) in [5.74, 6) is 1.00. The summed E-state index contributed by atoms with van der Waals surface area (Å²) in [5.41, 5.74) is 4.20. The van der Waals surface area contributed by atoms with Gasteiger partial charge in [-0.15, -0.1) is 6.58 Å². The Morgan fingerprint density at radius 2 is 2.11 bits per heavy atom. The lowest BCUT2D eigenvalue weighted by molar-refractivity contribution is 0.0592. The van der Waals surface area contributed by atoms with E-state index in [0.717, 1.165) is 28.0 Å². The van der Waals surface area contributed by atoms with Gasteiger partial charge >= 0.3 is 5.97 Å². The second-order valence-corrected chi connectivity index (χ2v) is 6.32. The lowest BCUT2D eigenvalue weighted by Gasteiger charge is -2.17. The van der Waals surface area contributed by atoms with E-state index in [-0.39, 0.29) is 6.10 Å². The molecule has 1 aliphatic heterocycles. The Labute approximate surface area is 159 Å². The van der Waals surface area contributed by atoms with Gasteiger partial charge in [0.2, 0.25) is 0 Å². The second-order valence-electron chi connectivity index (χ2n) is 6.32. The molecule has 0 radical (unpaired) electrons. The molecule has 1 aromatic carbocycles. The van der Waals surface area contributed by atoms with E-state index >= 15 is 0 Å². The lowest BCUT2D eigenvalue weighted by Crippen LogP contribution is -2.15. The summed E-state index contributed by atoms with van der Waals surface area (Å²) in [6.45, 7) is 6.80. The third kappa shape index (κ3) is 3.80. The average Bonchev–Trinajstić information content (AvgIpc) is 3.09. The molecule has 27 heavy (non-hydrogen) atoms. The van der Waals surface area contributed by atoms with Crippen molar-refractivity contribution in [2.24, 2.45) is 0 Å². The Hall–Kier alpha value is -2.86. The van der Waals surface area contributed by atoms with Gasteiger partial charge in [-0.2, -0.15) is 0 Å². The molecule has 1 aromatic heterocycles. The fraction of sp³-hybridized carbons (Fsp3) is 0.333. The number of pyridine rings is 1. The van der Waals surface area contributed by atoms with Crippen molar-refractivity contribution < 1.29 is 19.0 Å². The van der Waals surface area contributed by atoms with Gasteiger partial charge in [-0.3, -0.25) is 0 Å². The molecule has 0 bridgehead atoms. The number of anilines is 1. The number of hydrogen-bond acceptors (Lipinski definition) is 6. The monoisotopic (exact) mass is 368 g/mol. The van der Waals surface area contributed by atoms with E-state index in [1.165, 1.54) is 7.11 Å². The zero-order chi connectivity index (χ0) is 19.4. The van der Waals surface area contributed by atoms with Crippen molar-refractivity contribution in [1.82, 2.24) is 4.98 Å². The number of benzene rings is 1. The van der Waals surface area contributed by atoms with E-state index in [4.69, 9.17) is 14.2 Å². The van der Waals surface area contributed by atoms with Crippen molar-refractivity contribution in [3.63, 3.8) is 0 Å². The molecular formula is C21H24N2O4. The van der Waals surface area contributed by atoms with E-state index in [9.17, 15) is 4.79 Å². The number of esters is 1. The number of nitrogens with one attached hydrogen (secondary N) is 1. The van der Waals surface area contributed by atoms with Gasteiger partial charge in [0, 0.05) is 12.1 Å². The highest BCUT2D eigenvalue weighted by atomic mass is 16.5. The summed E-state index contributed by atoms with van der Waals surface area (Å²) in [7, 11) is 3.00. The minimum atomic E-state index is -0.457. The van der Waals surface area contributed by atoms with Crippen LogP contribution in [0, 0.1) is 0 Å². The van der Waals surface area contributed by atoms with Gasteiger partial charge in [-0.05, 0) is 42.2 Å². The van der Waals surface area contributed by atoms with Crippen LogP contribution in [0.2, 0.25) is 0 Å². The highest BCUT2D eigenvalue weighted by Gasteiger charge is 2.30. The summed E-state index contributed by atoms with van der Waals surface area (Å²) < 4.78 is 15.9. The molecule has 1 atom stereocenters. The molecule has 0 aliphatic carbocycles. The zero-order valence-corrected chi connectivity index (χ0v) is 15.9. The first-order valence-corrected chi connectivity index (χ1v) is 8.82. The first-order chi connectivity index (χ1) is 13.1. The summed E-state index contributed by atoms with van der Waals surface area (Å²) in [4.78, 5) is 16.9. The number of carbonyl (C=O) groups is 1. The number of allylic oxidation sites excluding steroid dienone is 1. The second kappa shape index (κ2) is 8.22. The third-order valence-electron chi connectivity index (χ3n) is 4.68. The predicted octanol–water partition coefficient (Wildman–Crippen LogP) is 3.81. The van der Waals surface area contributed by atoms with Gasteiger partial charge in [-0.1, -0.05) is 18.2 Å². The number of hydrogen-bond donors (Lipinski definition) is 1. The molecule has 0 amide bonds. The molecule has 2 heterocycles. The Balaban J connectivity index is 1.97. The van der Waals surface area contributed by atoms with Crippen molar-refractivity contribution in [1.29, 1.82) is 0 Å². The molecule has 2 aromatic rings. The molecule has 0 saturated heterocycles. The fourth-order valence-electron chi connectivity index (χ4n) is 3.28. The Morgan fingerprint density at radius 3 is 2.74 bits per heavy atom. The number of carbonyl (C=O) groups excluding carboxylic acids is 1. The van der Waals surface area contributed by atoms with Crippen LogP contribution < -0.4 is 10.1 Å². The maximum atomic E-state index is 12.3. The molecule has 3 rings (SSSR count). The van der Waals surface area contributed by atoms with E-state index in [1.54, 1.807) is 13.2 Å². The van der Waals surface area contributed by atoms with Gasteiger partial charge in [0.05, 0.1) is 26.9 Å². The van der Waals surface area contributed by atoms with Crippen molar-refractivity contribution in [3.05, 3.63) is 64.9 Å². The van der Waals surface area contributed by atoms with Gasteiger partial charge in [-0.25, -0.2) is 9.78 Å². The van der Waals surface area contributed by atoms with Crippen LogP contribution >= 0.6 is 0 Å². The van der Waals surface area contributed by atoms with Crippen molar-refractivity contribution >= 4 is 11.8 Å². The summed E-state index contributed by atoms with van der Waals surface area (Å²) in [6.07, 6.45) is 2.20. The molecular weight excluding hydrogens is 344 g/mol. The van der Waals surface area contributed by atoms with Crippen molar-refractivity contribution in [2.75, 3.05) is 19.5 Å². The van der Waals surface area contributed by atoms with Crippen LogP contribution in [-0.4, -0.2) is 25.2 Å². The molecule has 0 spiro atoms. The third-order valence-corrected chi connectivity index (χ3v) is 4.68. The molecule has 6 nitrogen and oxygen atoms in total. The van der Waals surface area contributed by atoms with Crippen LogP contribution in [0.4, 0.5) is 5.82 Å². The SMILES string of the molecule is C=CCc1c(C(=O)OC)nc(NCc2ccc(OC)cc2)c2c1CO[C@@H]2C. The number of fused-ring (bicyclic) bond motifs is 1. The molecule has 1 aliphatic rings. The van der Waals surface area contributed by atoms with Gasteiger partial charge < -0.3 is 19.5 Å². The summed E-state index contributed by atoms with van der Waals surface area (Å²) in [5, 5.41) is 3.35. The Bertz CT molecular complexity index is 846. The van der Waals surface area contributed by atoms with E-state index in [1.807, 2.05) is 31.2 Å². The van der Waals surface area contributed by atoms with Gasteiger partial charge in [0.25, 0.3) is 0 Å². The predicted molar refractivity (Wildman–Crippen MR) is 103 cm³/mol. The minimum Gasteiger partial charge on any atom is -0.497 e. The van der Waals surface area contributed by atoms with Crippen LogP contribution in [-0.2, 0) is 29.0 Å². The number of rotatable bonds is 7. The smallest absolute Gasteiger partial charge is 0.357 e. The highest BCUT2D eigenvalue weighted by Crippen LogP contribution is 2.38. The Morgan fingerprint density at radius 1 is 1.37 bits per heavy atom. The van der Waals surface area contributed by atoms with Crippen LogP contribution in [0.3, 0.4) is 0 Å².